The molecule has 2 aromatic heterocycles. The number of aromatic nitrogens is 4. The van der Waals surface area contributed by atoms with Crippen LogP contribution in [-0.4, -0.2) is 39.8 Å². The number of anilines is 1. The van der Waals surface area contributed by atoms with Gasteiger partial charge in [0.05, 0.1) is 13.3 Å². The van der Waals surface area contributed by atoms with E-state index in [1.165, 1.54) is 13.3 Å². The standard InChI is InChI=1S/C15H20ClN5O2/c1-21-6-5-17-14(21)12-10(4-3-7-23-12)8-18-13-11(16)9-19-15(20-13)22-2/h5-6,9-10,12H,3-4,7-8H2,1-2H3,(H,18,19,20)/t10-,12+/m0/s1. The van der Waals surface area contributed by atoms with Gasteiger partial charge < -0.3 is 19.4 Å². The lowest BCUT2D eigenvalue weighted by atomic mass is 9.93. The van der Waals surface area contributed by atoms with Gasteiger partial charge in [0.1, 0.15) is 17.0 Å². The average Bonchev–Trinajstić information content (AvgIpc) is 3.00. The first-order valence-corrected chi connectivity index (χ1v) is 7.96. The number of hydrogen-bond acceptors (Lipinski definition) is 6. The highest BCUT2D eigenvalue weighted by molar-refractivity contribution is 6.32. The number of methoxy groups -OCH3 is 1. The first-order chi connectivity index (χ1) is 11.2. The van der Waals surface area contributed by atoms with Crippen LogP contribution in [0.25, 0.3) is 0 Å². The van der Waals surface area contributed by atoms with Gasteiger partial charge in [0.25, 0.3) is 0 Å². The maximum Gasteiger partial charge on any atom is 0.318 e. The van der Waals surface area contributed by atoms with E-state index in [0.29, 0.717) is 23.3 Å². The molecule has 1 fully saturated rings. The molecule has 3 rings (SSSR count). The fourth-order valence-electron chi connectivity index (χ4n) is 2.79. The molecule has 2 atom stereocenters. The minimum atomic E-state index is -0.0289. The van der Waals surface area contributed by atoms with Crippen LogP contribution in [0.2, 0.25) is 5.02 Å². The molecule has 0 saturated carbocycles. The Morgan fingerprint density at radius 1 is 1.48 bits per heavy atom. The van der Waals surface area contributed by atoms with Crippen LogP contribution >= 0.6 is 11.6 Å². The number of imidazole rings is 1. The highest BCUT2D eigenvalue weighted by Crippen LogP contribution is 2.33. The molecule has 3 heterocycles. The van der Waals surface area contributed by atoms with E-state index in [9.17, 15) is 0 Å². The minimum Gasteiger partial charge on any atom is -0.467 e. The Kier molecular flexibility index (Phi) is 4.97. The van der Waals surface area contributed by atoms with Gasteiger partial charge in [-0.2, -0.15) is 4.98 Å². The van der Waals surface area contributed by atoms with Crippen molar-refractivity contribution in [3.05, 3.63) is 29.4 Å². The molecule has 0 aromatic carbocycles. The molecule has 124 valence electrons. The second-order valence-electron chi connectivity index (χ2n) is 5.52. The largest absolute Gasteiger partial charge is 0.467 e. The molecule has 1 saturated heterocycles. The first kappa shape index (κ1) is 16.0. The van der Waals surface area contributed by atoms with Crippen LogP contribution in [0.3, 0.4) is 0 Å². The van der Waals surface area contributed by atoms with Gasteiger partial charge >= 0.3 is 6.01 Å². The lowest BCUT2D eigenvalue weighted by Gasteiger charge is -2.31. The molecule has 1 aliphatic rings. The van der Waals surface area contributed by atoms with E-state index in [1.54, 1.807) is 6.20 Å². The van der Waals surface area contributed by atoms with E-state index >= 15 is 0 Å². The van der Waals surface area contributed by atoms with Crippen molar-refractivity contribution >= 4 is 17.4 Å². The van der Waals surface area contributed by atoms with Gasteiger partial charge in [0.15, 0.2) is 5.82 Å². The SMILES string of the molecule is COc1ncc(Cl)c(NC[C@@H]2CCCO[C@H]2c2nccn2C)n1. The molecule has 0 spiro atoms. The zero-order valence-corrected chi connectivity index (χ0v) is 14.0. The Morgan fingerprint density at radius 2 is 2.35 bits per heavy atom. The summed E-state index contributed by atoms with van der Waals surface area (Å²) in [6.07, 6.45) is 7.33. The van der Waals surface area contributed by atoms with Crippen molar-refractivity contribution in [1.82, 2.24) is 19.5 Å². The maximum absolute atomic E-state index is 6.14. The number of halogens is 1. The van der Waals surface area contributed by atoms with Crippen molar-refractivity contribution in [3.8, 4) is 6.01 Å². The number of hydrogen-bond donors (Lipinski definition) is 1. The van der Waals surface area contributed by atoms with Crippen LogP contribution in [0.5, 0.6) is 6.01 Å². The maximum atomic E-state index is 6.14. The molecule has 1 aliphatic heterocycles. The zero-order chi connectivity index (χ0) is 16.2. The summed E-state index contributed by atoms with van der Waals surface area (Å²) in [5, 5.41) is 3.76. The number of ether oxygens (including phenoxy) is 2. The Morgan fingerprint density at radius 3 is 3.09 bits per heavy atom. The van der Waals surface area contributed by atoms with Gasteiger partial charge in [-0.1, -0.05) is 11.6 Å². The van der Waals surface area contributed by atoms with Gasteiger partial charge in [0.2, 0.25) is 0 Å². The smallest absolute Gasteiger partial charge is 0.318 e. The molecule has 0 bridgehead atoms. The fraction of sp³-hybridized carbons (Fsp3) is 0.533. The van der Waals surface area contributed by atoms with Crippen molar-refractivity contribution in [1.29, 1.82) is 0 Å². The van der Waals surface area contributed by atoms with Gasteiger partial charge in [-0.15, -0.1) is 0 Å². The highest BCUT2D eigenvalue weighted by Gasteiger charge is 2.30. The summed E-state index contributed by atoms with van der Waals surface area (Å²) in [7, 11) is 3.51. The molecule has 8 heteroatoms. The summed E-state index contributed by atoms with van der Waals surface area (Å²) in [6, 6.07) is 0.289. The van der Waals surface area contributed by atoms with Crippen LogP contribution in [0.1, 0.15) is 24.8 Å². The predicted octanol–water partition coefficient (Wildman–Crippen LogP) is 2.45. The van der Waals surface area contributed by atoms with Crippen molar-refractivity contribution in [2.75, 3.05) is 25.6 Å². The number of nitrogens with one attached hydrogen (secondary N) is 1. The quantitative estimate of drug-likeness (QED) is 0.903. The number of rotatable bonds is 5. The van der Waals surface area contributed by atoms with Gasteiger partial charge in [-0.25, -0.2) is 9.97 Å². The van der Waals surface area contributed by atoms with E-state index in [-0.39, 0.29) is 12.1 Å². The lowest BCUT2D eigenvalue weighted by molar-refractivity contribution is -0.0305. The summed E-state index contributed by atoms with van der Waals surface area (Å²) in [4.78, 5) is 12.6. The van der Waals surface area contributed by atoms with E-state index < -0.39 is 0 Å². The van der Waals surface area contributed by atoms with Crippen molar-refractivity contribution in [2.45, 2.75) is 18.9 Å². The topological polar surface area (TPSA) is 74.1 Å². The molecule has 0 amide bonds. The zero-order valence-electron chi connectivity index (χ0n) is 13.2. The molecule has 7 nitrogen and oxygen atoms in total. The van der Waals surface area contributed by atoms with Crippen LogP contribution in [0.15, 0.2) is 18.6 Å². The minimum absolute atomic E-state index is 0.0289. The lowest BCUT2D eigenvalue weighted by Crippen LogP contribution is -2.30. The molecular weight excluding hydrogens is 318 g/mol. The van der Waals surface area contributed by atoms with Crippen LogP contribution in [-0.2, 0) is 11.8 Å². The molecule has 23 heavy (non-hydrogen) atoms. The second-order valence-corrected chi connectivity index (χ2v) is 5.93. The Hall–Kier alpha value is -1.86. The molecule has 2 aromatic rings. The molecule has 1 N–H and O–H groups in total. The van der Waals surface area contributed by atoms with Crippen LogP contribution in [0, 0.1) is 5.92 Å². The van der Waals surface area contributed by atoms with Crippen LogP contribution in [0.4, 0.5) is 5.82 Å². The summed E-state index contributed by atoms with van der Waals surface area (Å²) in [5.41, 5.74) is 0. The van der Waals surface area contributed by atoms with Gasteiger partial charge in [-0.3, -0.25) is 0 Å². The van der Waals surface area contributed by atoms with E-state index in [2.05, 4.69) is 20.3 Å². The predicted molar refractivity (Wildman–Crippen MR) is 86.7 cm³/mol. The number of nitrogens with zero attached hydrogens (tertiary/aromatic N) is 4. The molecular formula is C15H20ClN5O2. The summed E-state index contributed by atoms with van der Waals surface area (Å²) in [5.74, 6) is 1.81. The summed E-state index contributed by atoms with van der Waals surface area (Å²) >= 11 is 6.14. The Balaban J connectivity index is 1.72. The Labute approximate surface area is 140 Å². The highest BCUT2D eigenvalue weighted by atomic mass is 35.5. The Bertz CT molecular complexity index is 663. The van der Waals surface area contributed by atoms with Crippen molar-refractivity contribution < 1.29 is 9.47 Å². The number of aryl methyl sites for hydroxylation is 1. The average molecular weight is 338 g/mol. The monoisotopic (exact) mass is 337 g/mol. The van der Waals surface area contributed by atoms with Crippen molar-refractivity contribution in [2.24, 2.45) is 13.0 Å². The molecule has 0 radical (unpaired) electrons. The van der Waals surface area contributed by atoms with E-state index in [4.69, 9.17) is 21.1 Å². The molecule has 0 aliphatic carbocycles. The van der Waals surface area contributed by atoms with E-state index in [1.807, 2.05) is 17.8 Å². The third-order valence-corrected chi connectivity index (χ3v) is 4.27. The first-order valence-electron chi connectivity index (χ1n) is 7.58. The second kappa shape index (κ2) is 7.14. The fourth-order valence-corrected chi connectivity index (χ4v) is 2.95. The third kappa shape index (κ3) is 3.56. The third-order valence-electron chi connectivity index (χ3n) is 3.99. The van der Waals surface area contributed by atoms with Gasteiger partial charge in [-0.05, 0) is 12.8 Å². The molecule has 0 unspecified atom stereocenters. The van der Waals surface area contributed by atoms with Crippen LogP contribution < -0.4 is 10.1 Å². The van der Waals surface area contributed by atoms with E-state index in [0.717, 1.165) is 25.3 Å². The van der Waals surface area contributed by atoms with Gasteiger partial charge in [0, 0.05) is 38.5 Å². The normalized spacial score (nSPS) is 21.2. The van der Waals surface area contributed by atoms with Crippen molar-refractivity contribution in [3.63, 3.8) is 0 Å². The summed E-state index contributed by atoms with van der Waals surface area (Å²) in [6.45, 7) is 1.45. The summed E-state index contributed by atoms with van der Waals surface area (Å²) < 4.78 is 13.0.